The van der Waals surface area contributed by atoms with Gasteiger partial charge in [-0.25, -0.2) is 4.68 Å². The van der Waals surface area contributed by atoms with Gasteiger partial charge in [0.05, 0.1) is 6.54 Å². The number of tetrazole rings is 1. The Morgan fingerprint density at radius 1 is 1.29 bits per heavy atom. The number of hydrogen-bond acceptors (Lipinski definition) is 6. The predicted octanol–water partition coefficient (Wildman–Crippen LogP) is 1.52. The molecule has 1 rings (SSSR count). The van der Waals surface area contributed by atoms with Crippen molar-refractivity contribution in [3.05, 3.63) is 0 Å². The first kappa shape index (κ1) is 14.8. The van der Waals surface area contributed by atoms with Crippen LogP contribution in [0.4, 0.5) is 0 Å². The standard InChI is InChI=1S/C10H21N5S2/c1-3-11-6-7-15-10(12-13-14-15)17-9-5-8-16-4-2/h11H,3-9H2,1-2H3. The van der Waals surface area contributed by atoms with Crippen LogP contribution in [0.25, 0.3) is 0 Å². The lowest BCUT2D eigenvalue weighted by Gasteiger charge is -2.04. The van der Waals surface area contributed by atoms with Crippen molar-refractivity contribution in [2.24, 2.45) is 0 Å². The maximum Gasteiger partial charge on any atom is 0.209 e. The summed E-state index contributed by atoms with van der Waals surface area (Å²) < 4.78 is 1.88. The van der Waals surface area contributed by atoms with Crippen molar-refractivity contribution in [1.82, 2.24) is 25.5 Å². The van der Waals surface area contributed by atoms with Crippen LogP contribution in [0.1, 0.15) is 20.3 Å². The molecule has 0 aliphatic carbocycles. The van der Waals surface area contributed by atoms with E-state index in [-0.39, 0.29) is 0 Å². The smallest absolute Gasteiger partial charge is 0.209 e. The Morgan fingerprint density at radius 2 is 2.18 bits per heavy atom. The minimum Gasteiger partial charge on any atom is -0.315 e. The molecule has 5 nitrogen and oxygen atoms in total. The second-order valence-electron chi connectivity index (χ2n) is 3.44. The van der Waals surface area contributed by atoms with Crippen molar-refractivity contribution in [1.29, 1.82) is 0 Å². The summed E-state index contributed by atoms with van der Waals surface area (Å²) >= 11 is 3.73. The molecule has 1 heterocycles. The third-order valence-corrected chi connectivity index (χ3v) is 4.15. The van der Waals surface area contributed by atoms with E-state index in [0.29, 0.717) is 0 Å². The Bertz CT molecular complexity index is 292. The number of hydrogen-bond donors (Lipinski definition) is 1. The summed E-state index contributed by atoms with van der Waals surface area (Å²) in [5.74, 6) is 3.52. The van der Waals surface area contributed by atoms with Crippen LogP contribution in [0.15, 0.2) is 5.16 Å². The van der Waals surface area contributed by atoms with E-state index in [2.05, 4.69) is 34.7 Å². The third-order valence-electron chi connectivity index (χ3n) is 2.12. The van der Waals surface area contributed by atoms with Gasteiger partial charge in [-0.15, -0.1) is 5.10 Å². The molecule has 0 bridgehead atoms. The molecule has 1 aromatic rings. The first-order chi connectivity index (χ1) is 8.38. The fourth-order valence-electron chi connectivity index (χ4n) is 1.27. The van der Waals surface area contributed by atoms with Gasteiger partial charge in [0.2, 0.25) is 5.16 Å². The van der Waals surface area contributed by atoms with Gasteiger partial charge >= 0.3 is 0 Å². The molecule has 0 saturated carbocycles. The average Bonchev–Trinajstić information content (AvgIpc) is 2.77. The van der Waals surface area contributed by atoms with E-state index in [1.54, 1.807) is 11.8 Å². The van der Waals surface area contributed by atoms with Crippen LogP contribution in [0.2, 0.25) is 0 Å². The fraction of sp³-hybridized carbons (Fsp3) is 0.900. The lowest BCUT2D eigenvalue weighted by atomic mass is 10.6. The lowest BCUT2D eigenvalue weighted by Crippen LogP contribution is -2.20. The fourth-order valence-corrected chi connectivity index (χ4v) is 2.93. The van der Waals surface area contributed by atoms with Gasteiger partial charge in [0.25, 0.3) is 0 Å². The van der Waals surface area contributed by atoms with Crippen LogP contribution in [0.3, 0.4) is 0 Å². The van der Waals surface area contributed by atoms with E-state index in [0.717, 1.165) is 30.5 Å². The number of likely N-dealkylation sites (N-methyl/N-ethyl adjacent to an activating group) is 1. The maximum atomic E-state index is 4.04. The zero-order valence-corrected chi connectivity index (χ0v) is 12.2. The van der Waals surface area contributed by atoms with Crippen molar-refractivity contribution in [3.8, 4) is 0 Å². The molecular weight excluding hydrogens is 254 g/mol. The molecule has 0 radical (unpaired) electrons. The van der Waals surface area contributed by atoms with Crippen LogP contribution in [0.5, 0.6) is 0 Å². The van der Waals surface area contributed by atoms with Gasteiger partial charge in [-0.2, -0.15) is 11.8 Å². The van der Waals surface area contributed by atoms with Gasteiger partial charge < -0.3 is 5.32 Å². The molecular formula is C10H21N5S2. The Morgan fingerprint density at radius 3 is 2.94 bits per heavy atom. The van der Waals surface area contributed by atoms with E-state index >= 15 is 0 Å². The van der Waals surface area contributed by atoms with Crippen molar-refractivity contribution < 1.29 is 0 Å². The molecule has 0 unspecified atom stereocenters. The molecule has 0 aliphatic heterocycles. The molecule has 98 valence electrons. The number of nitrogens with one attached hydrogen (secondary N) is 1. The van der Waals surface area contributed by atoms with Gasteiger partial charge in [-0.1, -0.05) is 25.6 Å². The molecule has 1 N–H and O–H groups in total. The first-order valence-electron chi connectivity index (χ1n) is 6.05. The van der Waals surface area contributed by atoms with Crippen molar-refractivity contribution in [2.75, 3.05) is 30.3 Å². The average molecular weight is 275 g/mol. The largest absolute Gasteiger partial charge is 0.315 e. The molecule has 17 heavy (non-hydrogen) atoms. The highest BCUT2D eigenvalue weighted by atomic mass is 32.2. The van der Waals surface area contributed by atoms with Crippen LogP contribution in [0, 0.1) is 0 Å². The number of thioether (sulfide) groups is 2. The molecule has 0 aliphatic rings. The van der Waals surface area contributed by atoms with Crippen molar-refractivity contribution in [3.63, 3.8) is 0 Å². The molecule has 0 amide bonds. The Labute approximate surface area is 111 Å². The molecule has 0 spiro atoms. The molecule has 0 aromatic carbocycles. The Kier molecular flexibility index (Phi) is 8.46. The van der Waals surface area contributed by atoms with Gasteiger partial charge in [0.15, 0.2) is 0 Å². The van der Waals surface area contributed by atoms with Gasteiger partial charge in [-0.05, 0) is 34.9 Å². The maximum absolute atomic E-state index is 4.04. The van der Waals surface area contributed by atoms with Crippen molar-refractivity contribution >= 4 is 23.5 Å². The molecule has 7 heteroatoms. The summed E-state index contributed by atoms with van der Waals surface area (Å²) in [6.07, 6.45) is 1.21. The lowest BCUT2D eigenvalue weighted by molar-refractivity contribution is 0.517. The summed E-state index contributed by atoms with van der Waals surface area (Å²) in [4.78, 5) is 0. The highest BCUT2D eigenvalue weighted by Gasteiger charge is 2.05. The van der Waals surface area contributed by atoms with Crippen LogP contribution in [-0.4, -0.2) is 50.6 Å². The monoisotopic (exact) mass is 275 g/mol. The normalized spacial score (nSPS) is 10.9. The van der Waals surface area contributed by atoms with Gasteiger partial charge in [0.1, 0.15) is 0 Å². The van der Waals surface area contributed by atoms with Crippen LogP contribution < -0.4 is 5.32 Å². The Hall–Kier alpha value is -0.270. The van der Waals surface area contributed by atoms with E-state index < -0.39 is 0 Å². The van der Waals surface area contributed by atoms with E-state index in [1.165, 1.54) is 17.9 Å². The molecule has 1 aromatic heterocycles. The minimum absolute atomic E-state index is 0.840. The summed E-state index contributed by atoms with van der Waals surface area (Å²) in [6, 6.07) is 0. The molecule has 0 saturated heterocycles. The quantitative estimate of drug-likeness (QED) is 0.516. The topological polar surface area (TPSA) is 55.6 Å². The zero-order valence-electron chi connectivity index (χ0n) is 10.6. The van der Waals surface area contributed by atoms with Crippen LogP contribution >= 0.6 is 23.5 Å². The highest BCUT2D eigenvalue weighted by molar-refractivity contribution is 8.00. The van der Waals surface area contributed by atoms with Gasteiger partial charge in [0, 0.05) is 12.3 Å². The van der Waals surface area contributed by atoms with Crippen LogP contribution in [-0.2, 0) is 6.54 Å². The van der Waals surface area contributed by atoms with E-state index in [9.17, 15) is 0 Å². The molecule has 0 atom stereocenters. The molecule has 0 fully saturated rings. The summed E-state index contributed by atoms with van der Waals surface area (Å²) in [5, 5.41) is 16.0. The number of aromatic nitrogens is 4. The predicted molar refractivity (Wildman–Crippen MR) is 74.7 cm³/mol. The van der Waals surface area contributed by atoms with Gasteiger partial charge in [-0.3, -0.25) is 0 Å². The third kappa shape index (κ3) is 6.28. The number of nitrogens with zero attached hydrogens (tertiary/aromatic N) is 4. The minimum atomic E-state index is 0.840. The summed E-state index contributed by atoms with van der Waals surface area (Å²) in [6.45, 7) is 7.03. The first-order valence-corrected chi connectivity index (χ1v) is 8.20. The summed E-state index contributed by atoms with van der Waals surface area (Å²) in [7, 11) is 0. The zero-order chi connectivity index (χ0) is 12.3. The Balaban J connectivity index is 2.20. The second kappa shape index (κ2) is 9.73. The van der Waals surface area contributed by atoms with E-state index in [1.807, 2.05) is 16.4 Å². The number of rotatable bonds is 10. The van der Waals surface area contributed by atoms with Crippen molar-refractivity contribution in [2.45, 2.75) is 32.0 Å². The van der Waals surface area contributed by atoms with E-state index in [4.69, 9.17) is 0 Å². The highest BCUT2D eigenvalue weighted by Crippen LogP contribution is 2.15. The second-order valence-corrected chi connectivity index (χ2v) is 5.89. The SMILES string of the molecule is CCNCCn1nnnc1SCCCSCC. The summed E-state index contributed by atoms with van der Waals surface area (Å²) in [5.41, 5.74) is 0.